The summed E-state index contributed by atoms with van der Waals surface area (Å²) in [5.74, 6) is -1.29. The molecule has 0 aromatic heterocycles. The van der Waals surface area contributed by atoms with Crippen LogP contribution in [0.5, 0.6) is 0 Å². The van der Waals surface area contributed by atoms with Crippen LogP contribution in [0, 0.1) is 5.92 Å². The molecule has 0 aromatic rings. The number of aliphatic hydroxyl groups is 1. The first kappa shape index (κ1) is 10.7. The maximum atomic E-state index is 11.3. The van der Waals surface area contributed by atoms with E-state index in [9.17, 15) is 9.59 Å². The van der Waals surface area contributed by atoms with Crippen molar-refractivity contribution in [2.75, 3.05) is 19.7 Å². The van der Waals surface area contributed by atoms with Crippen LogP contribution >= 0.6 is 0 Å². The standard InChI is InChI=1S/C9H13NO4/c11-6-7-3-4-10(5-7)8(12)1-2-9(13)14/h1-2,7,11H,3-6H2,(H,13,14)/b2-1+/t7-/m1/s1. The first-order valence-corrected chi connectivity index (χ1v) is 4.44. The van der Waals surface area contributed by atoms with Gasteiger partial charge in [0.15, 0.2) is 0 Å². The van der Waals surface area contributed by atoms with Crippen molar-refractivity contribution in [3.8, 4) is 0 Å². The highest BCUT2D eigenvalue weighted by molar-refractivity contribution is 5.94. The van der Waals surface area contributed by atoms with E-state index in [1.807, 2.05) is 0 Å². The highest BCUT2D eigenvalue weighted by Gasteiger charge is 2.24. The zero-order chi connectivity index (χ0) is 10.6. The summed E-state index contributed by atoms with van der Waals surface area (Å²) in [6, 6.07) is 0. The third-order valence-electron chi connectivity index (χ3n) is 2.22. The van der Waals surface area contributed by atoms with Crippen molar-refractivity contribution in [3.05, 3.63) is 12.2 Å². The Bertz CT molecular complexity index is 262. The molecule has 1 heterocycles. The lowest BCUT2D eigenvalue weighted by atomic mass is 10.1. The third kappa shape index (κ3) is 2.85. The number of likely N-dealkylation sites (tertiary alicyclic amines) is 1. The molecule has 2 N–H and O–H groups in total. The fourth-order valence-corrected chi connectivity index (χ4v) is 1.43. The van der Waals surface area contributed by atoms with Crippen LogP contribution in [-0.2, 0) is 9.59 Å². The summed E-state index contributed by atoms with van der Waals surface area (Å²) < 4.78 is 0. The molecule has 14 heavy (non-hydrogen) atoms. The Labute approximate surface area is 81.6 Å². The van der Waals surface area contributed by atoms with Gasteiger partial charge in [0.1, 0.15) is 0 Å². The van der Waals surface area contributed by atoms with Gasteiger partial charge in [-0.1, -0.05) is 0 Å². The average Bonchev–Trinajstić information content (AvgIpc) is 2.62. The Kier molecular flexibility index (Phi) is 3.64. The van der Waals surface area contributed by atoms with E-state index in [0.717, 1.165) is 18.6 Å². The molecular weight excluding hydrogens is 186 g/mol. The SMILES string of the molecule is O=C(O)/C=C/C(=O)N1CC[C@@H](CO)C1. The molecule has 0 radical (unpaired) electrons. The molecule has 0 unspecified atom stereocenters. The molecule has 1 saturated heterocycles. The molecule has 1 aliphatic heterocycles. The fourth-order valence-electron chi connectivity index (χ4n) is 1.43. The Balaban J connectivity index is 2.43. The van der Waals surface area contributed by atoms with E-state index in [4.69, 9.17) is 10.2 Å². The molecule has 1 atom stereocenters. The van der Waals surface area contributed by atoms with E-state index in [1.165, 1.54) is 0 Å². The Morgan fingerprint density at radius 2 is 2.14 bits per heavy atom. The molecule has 5 nitrogen and oxygen atoms in total. The third-order valence-corrected chi connectivity index (χ3v) is 2.22. The van der Waals surface area contributed by atoms with Crippen LogP contribution in [0.1, 0.15) is 6.42 Å². The topological polar surface area (TPSA) is 77.8 Å². The van der Waals surface area contributed by atoms with Crippen LogP contribution in [0.4, 0.5) is 0 Å². The summed E-state index contributed by atoms with van der Waals surface area (Å²) in [6.45, 7) is 1.18. The number of aliphatic carboxylic acids is 1. The van der Waals surface area contributed by atoms with Crippen LogP contribution < -0.4 is 0 Å². The quantitative estimate of drug-likeness (QED) is 0.599. The molecule has 0 aromatic carbocycles. The van der Waals surface area contributed by atoms with E-state index in [2.05, 4.69) is 0 Å². The van der Waals surface area contributed by atoms with Crippen LogP contribution in [0.15, 0.2) is 12.2 Å². The zero-order valence-corrected chi connectivity index (χ0v) is 7.72. The summed E-state index contributed by atoms with van der Waals surface area (Å²) in [7, 11) is 0. The number of rotatable bonds is 3. The number of hydrogen-bond donors (Lipinski definition) is 2. The number of carbonyl (C=O) groups excluding carboxylic acids is 1. The number of carbonyl (C=O) groups is 2. The molecule has 5 heteroatoms. The molecule has 78 valence electrons. The van der Waals surface area contributed by atoms with Crippen LogP contribution in [0.25, 0.3) is 0 Å². The van der Waals surface area contributed by atoms with Crippen LogP contribution in [0.2, 0.25) is 0 Å². The van der Waals surface area contributed by atoms with Crippen LogP contribution in [-0.4, -0.2) is 46.7 Å². The maximum absolute atomic E-state index is 11.3. The van der Waals surface area contributed by atoms with Gasteiger partial charge in [-0.2, -0.15) is 0 Å². The molecular formula is C9H13NO4. The average molecular weight is 199 g/mol. The lowest BCUT2D eigenvalue weighted by molar-refractivity contribution is -0.132. The van der Waals surface area contributed by atoms with Gasteiger partial charge in [0.05, 0.1) is 0 Å². The van der Waals surface area contributed by atoms with Crippen molar-refractivity contribution < 1.29 is 19.8 Å². The first-order chi connectivity index (χ1) is 6.63. The Hall–Kier alpha value is -1.36. The van der Waals surface area contributed by atoms with Gasteiger partial charge in [0.25, 0.3) is 0 Å². The lowest BCUT2D eigenvalue weighted by Gasteiger charge is -2.12. The summed E-state index contributed by atoms with van der Waals surface area (Å²) >= 11 is 0. The monoisotopic (exact) mass is 199 g/mol. The minimum Gasteiger partial charge on any atom is -0.478 e. The summed E-state index contributed by atoms with van der Waals surface area (Å²) in [4.78, 5) is 23.0. The number of carboxylic acids is 1. The number of amides is 1. The largest absolute Gasteiger partial charge is 0.478 e. The normalized spacial score (nSPS) is 21.8. The number of aliphatic hydroxyl groups excluding tert-OH is 1. The van der Waals surface area contributed by atoms with Crippen molar-refractivity contribution in [1.29, 1.82) is 0 Å². The van der Waals surface area contributed by atoms with Gasteiger partial charge in [-0.15, -0.1) is 0 Å². The molecule has 0 bridgehead atoms. The van der Waals surface area contributed by atoms with E-state index in [1.54, 1.807) is 4.90 Å². The minimum absolute atomic E-state index is 0.0758. The lowest BCUT2D eigenvalue weighted by Crippen LogP contribution is -2.27. The van der Waals surface area contributed by atoms with Gasteiger partial charge in [0, 0.05) is 37.8 Å². The summed E-state index contributed by atoms with van der Waals surface area (Å²) in [6.07, 6.45) is 2.65. The second-order valence-electron chi connectivity index (χ2n) is 3.29. The van der Waals surface area contributed by atoms with Crippen molar-refractivity contribution in [1.82, 2.24) is 4.90 Å². The fraction of sp³-hybridized carbons (Fsp3) is 0.556. The van der Waals surface area contributed by atoms with E-state index in [-0.39, 0.29) is 18.4 Å². The molecule has 1 aliphatic rings. The second kappa shape index (κ2) is 4.76. The molecule has 1 fully saturated rings. The van der Waals surface area contributed by atoms with Gasteiger partial charge < -0.3 is 15.1 Å². The van der Waals surface area contributed by atoms with E-state index in [0.29, 0.717) is 13.1 Å². The summed E-state index contributed by atoms with van der Waals surface area (Å²) in [5, 5.41) is 17.1. The minimum atomic E-state index is -1.13. The number of carboxylic acid groups (broad SMARTS) is 1. The van der Waals surface area contributed by atoms with Gasteiger partial charge >= 0.3 is 5.97 Å². The van der Waals surface area contributed by atoms with Gasteiger partial charge in [-0.25, -0.2) is 4.79 Å². The van der Waals surface area contributed by atoms with Crippen LogP contribution in [0.3, 0.4) is 0 Å². The summed E-state index contributed by atoms with van der Waals surface area (Å²) in [5.41, 5.74) is 0. The van der Waals surface area contributed by atoms with E-state index >= 15 is 0 Å². The van der Waals surface area contributed by atoms with Crippen molar-refractivity contribution >= 4 is 11.9 Å². The van der Waals surface area contributed by atoms with Gasteiger partial charge in [-0.3, -0.25) is 4.79 Å². The second-order valence-corrected chi connectivity index (χ2v) is 3.29. The van der Waals surface area contributed by atoms with Crippen molar-refractivity contribution in [2.45, 2.75) is 6.42 Å². The maximum Gasteiger partial charge on any atom is 0.328 e. The molecule has 1 rings (SSSR count). The Morgan fingerprint density at radius 1 is 1.43 bits per heavy atom. The van der Waals surface area contributed by atoms with Gasteiger partial charge in [-0.05, 0) is 6.42 Å². The molecule has 1 amide bonds. The smallest absolute Gasteiger partial charge is 0.328 e. The zero-order valence-electron chi connectivity index (χ0n) is 7.72. The molecule has 0 aliphatic carbocycles. The molecule has 0 spiro atoms. The first-order valence-electron chi connectivity index (χ1n) is 4.44. The predicted octanol–water partition coefficient (Wildman–Crippen LogP) is -0.532. The highest BCUT2D eigenvalue weighted by atomic mass is 16.4. The van der Waals surface area contributed by atoms with E-state index < -0.39 is 5.97 Å². The van der Waals surface area contributed by atoms with Crippen molar-refractivity contribution in [3.63, 3.8) is 0 Å². The Morgan fingerprint density at radius 3 is 2.64 bits per heavy atom. The highest BCUT2D eigenvalue weighted by Crippen LogP contribution is 2.15. The van der Waals surface area contributed by atoms with Crippen molar-refractivity contribution in [2.24, 2.45) is 5.92 Å². The molecule has 0 saturated carbocycles. The van der Waals surface area contributed by atoms with Gasteiger partial charge in [0.2, 0.25) is 5.91 Å². The predicted molar refractivity (Wildman–Crippen MR) is 48.5 cm³/mol. The number of hydrogen-bond acceptors (Lipinski definition) is 3. The number of nitrogens with zero attached hydrogens (tertiary/aromatic N) is 1.